The van der Waals surface area contributed by atoms with E-state index in [0.29, 0.717) is 5.75 Å². The first-order valence-corrected chi connectivity index (χ1v) is 5.50. The molecule has 0 unspecified atom stereocenters. The molecule has 3 nitrogen and oxygen atoms in total. The van der Waals surface area contributed by atoms with Crippen molar-refractivity contribution in [2.45, 2.75) is 18.1 Å². The zero-order valence-corrected chi connectivity index (χ0v) is 9.83. The van der Waals surface area contributed by atoms with Gasteiger partial charge in [-0.1, -0.05) is 17.7 Å². The molecule has 1 aromatic rings. The summed E-state index contributed by atoms with van der Waals surface area (Å²) >= 11 is 1.51. The van der Waals surface area contributed by atoms with Crippen molar-refractivity contribution in [3.8, 4) is 12.3 Å². The predicted molar refractivity (Wildman–Crippen MR) is 64.2 cm³/mol. The van der Waals surface area contributed by atoms with Crippen LogP contribution >= 0.6 is 24.2 Å². The lowest BCUT2D eigenvalue weighted by Gasteiger charge is -2.15. The van der Waals surface area contributed by atoms with Gasteiger partial charge in [0.05, 0.1) is 11.4 Å². The number of hydrogen-bond donors (Lipinski definition) is 1. The van der Waals surface area contributed by atoms with Crippen LogP contribution in [0.2, 0.25) is 0 Å². The van der Waals surface area contributed by atoms with Crippen LogP contribution in [0, 0.1) is 12.3 Å². The topological polar surface area (TPSA) is 37.8 Å². The highest BCUT2D eigenvalue weighted by molar-refractivity contribution is 7.99. The Hall–Kier alpha value is -0.760. The summed E-state index contributed by atoms with van der Waals surface area (Å²) in [4.78, 5) is 8.71. The molecule has 0 atom stereocenters. The van der Waals surface area contributed by atoms with Crippen molar-refractivity contribution in [3.05, 3.63) is 17.5 Å². The molecular weight excluding hydrogens is 230 g/mol. The lowest BCUT2D eigenvalue weighted by molar-refractivity contribution is 0.616. The highest BCUT2D eigenvalue weighted by Crippen LogP contribution is 2.16. The Labute approximate surface area is 99.9 Å². The number of rotatable bonds is 2. The van der Waals surface area contributed by atoms with Crippen molar-refractivity contribution in [2.75, 3.05) is 12.3 Å². The zero-order valence-electron chi connectivity index (χ0n) is 8.19. The van der Waals surface area contributed by atoms with E-state index in [2.05, 4.69) is 21.2 Å². The van der Waals surface area contributed by atoms with Gasteiger partial charge in [0, 0.05) is 31.3 Å². The van der Waals surface area contributed by atoms with Crippen molar-refractivity contribution >= 4 is 24.2 Å². The highest BCUT2D eigenvalue weighted by atomic mass is 35.5. The van der Waals surface area contributed by atoms with Gasteiger partial charge in [-0.3, -0.25) is 0 Å². The number of nitrogens with one attached hydrogen (secondary N) is 1. The minimum atomic E-state index is 0. The normalized spacial score (nSPS) is 13.5. The number of fused-ring (bicyclic) bond motifs is 1. The quantitative estimate of drug-likeness (QED) is 0.481. The van der Waals surface area contributed by atoms with E-state index in [1.165, 1.54) is 23.0 Å². The summed E-state index contributed by atoms with van der Waals surface area (Å²) in [7, 11) is 0. The Balaban J connectivity index is 0.00000112. The molecule has 2 heterocycles. The molecule has 0 saturated carbocycles. The Morgan fingerprint density at radius 3 is 3.27 bits per heavy atom. The van der Waals surface area contributed by atoms with Crippen LogP contribution in [0.3, 0.4) is 0 Å². The summed E-state index contributed by atoms with van der Waals surface area (Å²) in [5, 5.41) is 4.08. The first-order valence-electron chi connectivity index (χ1n) is 4.52. The van der Waals surface area contributed by atoms with Crippen molar-refractivity contribution in [3.63, 3.8) is 0 Å². The molecule has 1 N–H and O–H groups in total. The van der Waals surface area contributed by atoms with Crippen LogP contribution in [0.25, 0.3) is 0 Å². The zero-order chi connectivity index (χ0) is 9.80. The van der Waals surface area contributed by atoms with E-state index < -0.39 is 0 Å². The van der Waals surface area contributed by atoms with E-state index in [4.69, 9.17) is 6.42 Å². The van der Waals surface area contributed by atoms with Crippen LogP contribution in [0.1, 0.15) is 11.3 Å². The number of thioether (sulfide) groups is 1. The number of aromatic nitrogens is 2. The Morgan fingerprint density at radius 1 is 1.60 bits per heavy atom. The van der Waals surface area contributed by atoms with Gasteiger partial charge in [0.25, 0.3) is 0 Å². The summed E-state index contributed by atoms with van der Waals surface area (Å²) in [6.45, 7) is 1.89. The standard InChI is InChI=1S/C10H11N3S.ClH/c1-2-5-14-10-12-7-8-6-11-4-3-9(8)13-10;/h1,7,11H,3-6H2;1H. The van der Waals surface area contributed by atoms with Gasteiger partial charge in [0.1, 0.15) is 0 Å². The number of hydrogen-bond acceptors (Lipinski definition) is 4. The van der Waals surface area contributed by atoms with E-state index in [1.807, 2.05) is 6.20 Å². The minimum Gasteiger partial charge on any atom is -0.312 e. The second-order valence-electron chi connectivity index (χ2n) is 3.04. The predicted octanol–water partition coefficient (Wildman–Crippen LogP) is 1.27. The van der Waals surface area contributed by atoms with Crippen molar-refractivity contribution in [1.82, 2.24) is 15.3 Å². The Morgan fingerprint density at radius 2 is 2.47 bits per heavy atom. The number of nitrogens with zero attached hydrogens (tertiary/aromatic N) is 2. The summed E-state index contributed by atoms with van der Waals surface area (Å²) in [5.41, 5.74) is 2.37. The monoisotopic (exact) mass is 241 g/mol. The lowest BCUT2D eigenvalue weighted by atomic mass is 10.1. The smallest absolute Gasteiger partial charge is 0.188 e. The van der Waals surface area contributed by atoms with Crippen molar-refractivity contribution in [2.24, 2.45) is 0 Å². The van der Waals surface area contributed by atoms with Crippen LogP contribution in [-0.2, 0) is 13.0 Å². The Bertz CT molecular complexity index is 375. The van der Waals surface area contributed by atoms with Gasteiger partial charge in [-0.2, -0.15) is 0 Å². The van der Waals surface area contributed by atoms with Gasteiger partial charge < -0.3 is 5.32 Å². The molecule has 0 saturated heterocycles. The van der Waals surface area contributed by atoms with E-state index in [1.54, 1.807) is 0 Å². The number of terminal acetylenes is 1. The second kappa shape index (κ2) is 5.96. The molecule has 0 bridgehead atoms. The third kappa shape index (κ3) is 3.10. The summed E-state index contributed by atoms with van der Waals surface area (Å²) < 4.78 is 0. The molecular formula is C10H12ClN3S. The Kier molecular flexibility index (Phi) is 4.89. The van der Waals surface area contributed by atoms with Crippen LogP contribution in [0.4, 0.5) is 0 Å². The summed E-state index contributed by atoms with van der Waals surface area (Å²) in [6, 6.07) is 0. The molecule has 0 aliphatic carbocycles. The molecule has 0 fully saturated rings. The van der Waals surface area contributed by atoms with Gasteiger partial charge >= 0.3 is 0 Å². The SMILES string of the molecule is C#CCSc1ncc2c(n1)CCNC2.Cl. The van der Waals surface area contributed by atoms with Gasteiger partial charge in [0.15, 0.2) is 5.16 Å². The molecule has 0 amide bonds. The molecule has 80 valence electrons. The van der Waals surface area contributed by atoms with Crippen LogP contribution in [0.15, 0.2) is 11.4 Å². The summed E-state index contributed by atoms with van der Waals surface area (Å²) in [6.07, 6.45) is 8.06. The molecule has 1 aliphatic rings. The van der Waals surface area contributed by atoms with Crippen molar-refractivity contribution in [1.29, 1.82) is 0 Å². The molecule has 15 heavy (non-hydrogen) atoms. The highest BCUT2D eigenvalue weighted by Gasteiger charge is 2.10. The fraction of sp³-hybridized carbons (Fsp3) is 0.400. The molecule has 0 spiro atoms. The maximum absolute atomic E-state index is 5.18. The maximum Gasteiger partial charge on any atom is 0.188 e. The molecule has 5 heteroatoms. The lowest BCUT2D eigenvalue weighted by Crippen LogP contribution is -2.24. The van der Waals surface area contributed by atoms with E-state index in [9.17, 15) is 0 Å². The molecule has 0 aromatic carbocycles. The third-order valence-electron chi connectivity index (χ3n) is 2.07. The fourth-order valence-corrected chi connectivity index (χ4v) is 1.91. The van der Waals surface area contributed by atoms with Crippen LogP contribution in [0.5, 0.6) is 0 Å². The minimum absolute atomic E-state index is 0. The first kappa shape index (κ1) is 12.3. The van der Waals surface area contributed by atoms with E-state index in [-0.39, 0.29) is 12.4 Å². The van der Waals surface area contributed by atoms with Gasteiger partial charge in [-0.15, -0.1) is 18.8 Å². The van der Waals surface area contributed by atoms with E-state index >= 15 is 0 Å². The molecule has 1 aliphatic heterocycles. The fourth-order valence-electron chi connectivity index (χ4n) is 1.39. The second-order valence-corrected chi connectivity index (χ2v) is 3.99. The first-order chi connectivity index (χ1) is 6.90. The maximum atomic E-state index is 5.18. The molecule has 0 radical (unpaired) electrons. The summed E-state index contributed by atoms with van der Waals surface area (Å²) in [5.74, 6) is 3.20. The average molecular weight is 242 g/mol. The third-order valence-corrected chi connectivity index (χ3v) is 2.84. The van der Waals surface area contributed by atoms with Crippen LogP contribution in [-0.4, -0.2) is 22.3 Å². The van der Waals surface area contributed by atoms with Gasteiger partial charge in [0.2, 0.25) is 0 Å². The number of halogens is 1. The van der Waals surface area contributed by atoms with Gasteiger partial charge in [-0.05, 0) is 0 Å². The van der Waals surface area contributed by atoms with Crippen molar-refractivity contribution < 1.29 is 0 Å². The average Bonchev–Trinajstić information content (AvgIpc) is 2.26. The van der Waals surface area contributed by atoms with E-state index in [0.717, 1.165) is 24.7 Å². The molecule has 2 rings (SSSR count). The molecule has 1 aromatic heterocycles. The largest absolute Gasteiger partial charge is 0.312 e. The van der Waals surface area contributed by atoms with Gasteiger partial charge in [-0.25, -0.2) is 9.97 Å². The van der Waals surface area contributed by atoms with Crippen LogP contribution < -0.4 is 5.32 Å².